The Kier molecular flexibility index (Phi) is 11.7. The van der Waals surface area contributed by atoms with Gasteiger partial charge in [0.2, 0.25) is 0 Å². The Hall–Kier alpha value is -4.90. The van der Waals surface area contributed by atoms with Crippen LogP contribution in [0.2, 0.25) is 0 Å². The van der Waals surface area contributed by atoms with E-state index in [0.717, 1.165) is 5.56 Å². The van der Waals surface area contributed by atoms with E-state index in [1.807, 2.05) is 44.2 Å². The molecule has 0 aliphatic carbocycles. The second kappa shape index (κ2) is 16.1. The summed E-state index contributed by atoms with van der Waals surface area (Å²) < 4.78 is 36.7. The lowest BCUT2D eigenvalue weighted by atomic mass is 10.2. The SMILES string of the molecule is CCOc1cc(C(=O)N/N=C/c2cc(Br)c(OCC(=O)Nc3ccc(F)cc3)c(OCC)c2)ccc1OCc1ccccc1. The van der Waals surface area contributed by atoms with Crippen molar-refractivity contribution < 1.29 is 32.9 Å². The van der Waals surface area contributed by atoms with Crippen LogP contribution in [0.3, 0.4) is 0 Å². The highest BCUT2D eigenvalue weighted by molar-refractivity contribution is 9.10. The molecule has 2 amide bonds. The Morgan fingerprint density at radius 3 is 2.30 bits per heavy atom. The summed E-state index contributed by atoms with van der Waals surface area (Å²) >= 11 is 3.45. The zero-order chi connectivity index (χ0) is 31.3. The van der Waals surface area contributed by atoms with Gasteiger partial charge < -0.3 is 24.3 Å². The molecule has 0 aliphatic heterocycles. The van der Waals surface area contributed by atoms with Crippen molar-refractivity contribution in [3.05, 3.63) is 112 Å². The number of nitrogens with one attached hydrogen (secondary N) is 2. The van der Waals surface area contributed by atoms with E-state index in [9.17, 15) is 14.0 Å². The third kappa shape index (κ3) is 9.30. The van der Waals surface area contributed by atoms with Gasteiger partial charge in [-0.3, -0.25) is 9.59 Å². The van der Waals surface area contributed by atoms with E-state index >= 15 is 0 Å². The summed E-state index contributed by atoms with van der Waals surface area (Å²) in [5.74, 6) is 0.404. The average molecular weight is 665 g/mol. The number of rotatable bonds is 14. The molecule has 0 saturated heterocycles. The molecule has 0 saturated carbocycles. The molecule has 4 aromatic carbocycles. The topological polar surface area (TPSA) is 107 Å². The second-order valence-electron chi connectivity index (χ2n) is 9.17. The summed E-state index contributed by atoms with van der Waals surface area (Å²) in [5.41, 5.74) is 4.92. The van der Waals surface area contributed by atoms with E-state index in [-0.39, 0.29) is 6.61 Å². The van der Waals surface area contributed by atoms with Gasteiger partial charge in [0.25, 0.3) is 11.8 Å². The number of halogens is 2. The van der Waals surface area contributed by atoms with Crippen LogP contribution in [-0.4, -0.2) is 37.8 Å². The largest absolute Gasteiger partial charge is 0.490 e. The van der Waals surface area contributed by atoms with Crippen LogP contribution in [0.25, 0.3) is 0 Å². The molecular formula is C33H31BrFN3O6. The first-order valence-electron chi connectivity index (χ1n) is 13.8. The normalized spacial score (nSPS) is 10.7. The maximum Gasteiger partial charge on any atom is 0.271 e. The van der Waals surface area contributed by atoms with E-state index in [1.165, 1.54) is 30.5 Å². The quantitative estimate of drug-likeness (QED) is 0.114. The molecule has 0 spiro atoms. The number of ether oxygens (including phenoxy) is 4. The molecule has 2 N–H and O–H groups in total. The van der Waals surface area contributed by atoms with E-state index in [2.05, 4.69) is 31.8 Å². The summed E-state index contributed by atoms with van der Waals surface area (Å²) in [4.78, 5) is 25.2. The Morgan fingerprint density at radius 1 is 0.841 bits per heavy atom. The van der Waals surface area contributed by atoms with Gasteiger partial charge in [0.15, 0.2) is 29.6 Å². The molecule has 0 fully saturated rings. The van der Waals surface area contributed by atoms with Gasteiger partial charge in [0.1, 0.15) is 12.4 Å². The Morgan fingerprint density at radius 2 is 1.57 bits per heavy atom. The van der Waals surface area contributed by atoms with Gasteiger partial charge >= 0.3 is 0 Å². The number of carbonyl (C=O) groups is 2. The fourth-order valence-electron chi connectivity index (χ4n) is 3.94. The standard InChI is InChI=1S/C33H31BrFN3O6/c1-3-41-29-18-24(10-15-28(29)43-20-22-8-6-5-7-9-22)33(40)38-36-19-23-16-27(34)32(30(17-23)42-4-2)44-21-31(39)37-26-13-11-25(35)12-14-26/h5-19H,3-4,20-21H2,1-2H3,(H,37,39)(H,38,40)/b36-19+. The lowest BCUT2D eigenvalue weighted by Gasteiger charge is -2.14. The van der Waals surface area contributed by atoms with Crippen LogP contribution in [0, 0.1) is 5.82 Å². The zero-order valence-corrected chi connectivity index (χ0v) is 25.7. The molecule has 4 aromatic rings. The second-order valence-corrected chi connectivity index (χ2v) is 10.0. The summed E-state index contributed by atoms with van der Waals surface area (Å²) in [7, 11) is 0. The highest BCUT2D eigenvalue weighted by atomic mass is 79.9. The highest BCUT2D eigenvalue weighted by Gasteiger charge is 2.15. The van der Waals surface area contributed by atoms with Crippen LogP contribution >= 0.6 is 15.9 Å². The van der Waals surface area contributed by atoms with Crippen molar-refractivity contribution in [3.8, 4) is 23.0 Å². The number of benzene rings is 4. The molecule has 44 heavy (non-hydrogen) atoms. The number of hydrogen-bond donors (Lipinski definition) is 2. The third-order valence-electron chi connectivity index (χ3n) is 5.93. The number of anilines is 1. The van der Waals surface area contributed by atoms with Crippen molar-refractivity contribution in [2.45, 2.75) is 20.5 Å². The van der Waals surface area contributed by atoms with Crippen molar-refractivity contribution >= 4 is 39.6 Å². The molecule has 0 aromatic heterocycles. The first-order valence-corrected chi connectivity index (χ1v) is 14.6. The van der Waals surface area contributed by atoms with Crippen molar-refractivity contribution in [1.82, 2.24) is 5.43 Å². The summed E-state index contributed by atoms with van der Waals surface area (Å²) in [6.45, 7) is 4.47. The minimum atomic E-state index is -0.437. The Labute approximate surface area is 263 Å². The fraction of sp³-hybridized carbons (Fsp3) is 0.182. The lowest BCUT2D eigenvalue weighted by molar-refractivity contribution is -0.118. The maximum atomic E-state index is 13.1. The number of amides is 2. The van der Waals surface area contributed by atoms with Gasteiger partial charge in [-0.25, -0.2) is 9.82 Å². The fourth-order valence-corrected chi connectivity index (χ4v) is 4.51. The van der Waals surface area contributed by atoms with Gasteiger partial charge in [-0.15, -0.1) is 0 Å². The van der Waals surface area contributed by atoms with Crippen molar-refractivity contribution in [2.75, 3.05) is 25.1 Å². The molecule has 0 aliphatic rings. The van der Waals surface area contributed by atoms with E-state index in [1.54, 1.807) is 30.3 Å². The van der Waals surface area contributed by atoms with Crippen LogP contribution in [0.4, 0.5) is 10.1 Å². The number of hydrazone groups is 1. The van der Waals surface area contributed by atoms with Gasteiger partial charge in [0, 0.05) is 11.3 Å². The van der Waals surface area contributed by atoms with Crippen LogP contribution in [0.5, 0.6) is 23.0 Å². The smallest absolute Gasteiger partial charge is 0.271 e. The van der Waals surface area contributed by atoms with E-state index in [4.69, 9.17) is 18.9 Å². The summed E-state index contributed by atoms with van der Waals surface area (Å²) in [6.07, 6.45) is 1.46. The van der Waals surface area contributed by atoms with Crippen molar-refractivity contribution in [2.24, 2.45) is 5.10 Å². The molecule has 0 heterocycles. The van der Waals surface area contributed by atoms with Crippen LogP contribution in [-0.2, 0) is 11.4 Å². The highest BCUT2D eigenvalue weighted by Crippen LogP contribution is 2.36. The first kappa shape index (κ1) is 32.0. The minimum absolute atomic E-state index is 0.306. The maximum absolute atomic E-state index is 13.1. The average Bonchev–Trinajstić information content (AvgIpc) is 3.02. The lowest BCUT2D eigenvalue weighted by Crippen LogP contribution is -2.20. The molecule has 228 valence electrons. The number of carbonyl (C=O) groups excluding carboxylic acids is 2. The van der Waals surface area contributed by atoms with Crippen molar-refractivity contribution in [1.29, 1.82) is 0 Å². The monoisotopic (exact) mass is 663 g/mol. The molecule has 0 atom stereocenters. The Balaban J connectivity index is 1.38. The molecule has 0 unspecified atom stereocenters. The summed E-state index contributed by atoms with van der Waals surface area (Å²) in [6, 6.07) is 23.5. The molecular weight excluding hydrogens is 633 g/mol. The molecule has 0 radical (unpaired) electrons. The predicted octanol–water partition coefficient (Wildman–Crippen LogP) is 6.75. The van der Waals surface area contributed by atoms with Gasteiger partial charge in [-0.2, -0.15) is 5.10 Å². The van der Waals surface area contributed by atoms with Crippen LogP contribution < -0.4 is 29.7 Å². The number of nitrogens with zero attached hydrogens (tertiary/aromatic N) is 1. The van der Waals surface area contributed by atoms with Crippen LogP contribution in [0.15, 0.2) is 94.5 Å². The van der Waals surface area contributed by atoms with Crippen LogP contribution in [0.1, 0.15) is 35.3 Å². The summed E-state index contributed by atoms with van der Waals surface area (Å²) in [5, 5.41) is 6.72. The Bertz CT molecular complexity index is 1600. The molecule has 0 bridgehead atoms. The molecule has 4 rings (SSSR count). The number of hydrogen-bond acceptors (Lipinski definition) is 7. The van der Waals surface area contributed by atoms with Gasteiger partial charge in [-0.05, 0) is 95.5 Å². The van der Waals surface area contributed by atoms with Gasteiger partial charge in [0.05, 0.1) is 23.9 Å². The minimum Gasteiger partial charge on any atom is -0.490 e. The molecule has 9 nitrogen and oxygen atoms in total. The first-order chi connectivity index (χ1) is 21.4. The van der Waals surface area contributed by atoms with E-state index < -0.39 is 17.6 Å². The van der Waals surface area contributed by atoms with E-state index in [0.29, 0.717) is 64.1 Å². The molecule has 11 heteroatoms. The zero-order valence-electron chi connectivity index (χ0n) is 24.1. The predicted molar refractivity (Wildman–Crippen MR) is 169 cm³/mol. The van der Waals surface area contributed by atoms with Gasteiger partial charge in [-0.1, -0.05) is 30.3 Å². The van der Waals surface area contributed by atoms with Crippen molar-refractivity contribution in [3.63, 3.8) is 0 Å². The third-order valence-corrected chi connectivity index (χ3v) is 6.52.